The van der Waals surface area contributed by atoms with Gasteiger partial charge in [0.25, 0.3) is 5.78 Å². The number of pyridine rings is 1. The molecule has 0 N–H and O–H groups in total. The van der Waals surface area contributed by atoms with Crippen LogP contribution in [-0.4, -0.2) is 16.9 Å². The molecule has 1 heterocycles. The van der Waals surface area contributed by atoms with E-state index in [-0.39, 0.29) is 0 Å². The normalized spacial score (nSPS) is 11.8. The molecule has 0 aliphatic heterocycles. The summed E-state index contributed by atoms with van der Waals surface area (Å²) in [5.41, 5.74) is 0.0648. The molecule has 0 fully saturated rings. The van der Waals surface area contributed by atoms with Crippen LogP contribution in [0.2, 0.25) is 0 Å². The third-order valence-corrected chi connectivity index (χ3v) is 2.88. The summed E-state index contributed by atoms with van der Waals surface area (Å²) in [5, 5.41) is 0.475. The number of benzene rings is 1. The fourth-order valence-electron chi connectivity index (χ4n) is 1.40. The quantitative estimate of drug-likeness (QED) is 0.751. The third-order valence-electron chi connectivity index (χ3n) is 2.19. The van der Waals surface area contributed by atoms with E-state index in [1.165, 1.54) is 6.07 Å². The van der Waals surface area contributed by atoms with Crippen molar-refractivity contribution in [2.45, 2.75) is 6.18 Å². The Morgan fingerprint density at radius 2 is 2.00 bits per heavy atom. The van der Waals surface area contributed by atoms with E-state index >= 15 is 0 Å². The number of carbonyl (C=O) groups excluding carboxylic acids is 1. The Balaban J connectivity index is 2.59. The summed E-state index contributed by atoms with van der Waals surface area (Å²) >= 11 is 3.20. The summed E-state index contributed by atoms with van der Waals surface area (Å²) < 4.78 is 37.3. The molecule has 1 aromatic heterocycles. The zero-order valence-electron chi connectivity index (χ0n) is 8.25. The smallest absolute Gasteiger partial charge is 0.284 e. The van der Waals surface area contributed by atoms with Crippen LogP contribution in [0.3, 0.4) is 0 Å². The largest absolute Gasteiger partial charge is 0.454 e. The van der Waals surface area contributed by atoms with Gasteiger partial charge < -0.3 is 0 Å². The van der Waals surface area contributed by atoms with Crippen molar-refractivity contribution in [1.82, 2.24) is 4.98 Å². The maximum atomic E-state index is 12.2. The van der Waals surface area contributed by atoms with Crippen LogP contribution in [0.25, 0.3) is 10.9 Å². The summed E-state index contributed by atoms with van der Waals surface area (Å²) in [6.45, 7) is 0. The van der Waals surface area contributed by atoms with E-state index in [1.807, 2.05) is 0 Å². The van der Waals surface area contributed by atoms with Crippen LogP contribution in [-0.2, 0) is 0 Å². The van der Waals surface area contributed by atoms with Gasteiger partial charge in [0.1, 0.15) is 0 Å². The molecule has 17 heavy (non-hydrogen) atoms. The maximum absolute atomic E-state index is 12.2. The fraction of sp³-hybridized carbons (Fsp3) is 0.0909. The Kier molecular flexibility index (Phi) is 2.91. The lowest BCUT2D eigenvalue weighted by molar-refractivity contribution is -0.0885. The van der Waals surface area contributed by atoms with E-state index < -0.39 is 17.5 Å². The van der Waals surface area contributed by atoms with Crippen molar-refractivity contribution < 1.29 is 18.0 Å². The first kappa shape index (κ1) is 12.0. The van der Waals surface area contributed by atoms with Crippen molar-refractivity contribution in [2.24, 2.45) is 0 Å². The van der Waals surface area contributed by atoms with Crippen LogP contribution in [0.4, 0.5) is 13.2 Å². The van der Waals surface area contributed by atoms with Gasteiger partial charge in [-0.05, 0) is 18.2 Å². The summed E-state index contributed by atoms with van der Waals surface area (Å²) in [4.78, 5) is 14.9. The van der Waals surface area contributed by atoms with Gasteiger partial charge in [-0.3, -0.25) is 9.78 Å². The molecule has 0 radical (unpaired) electrons. The molecular weight excluding hydrogens is 299 g/mol. The maximum Gasteiger partial charge on any atom is 0.454 e. The molecule has 0 spiro atoms. The highest BCUT2D eigenvalue weighted by Crippen LogP contribution is 2.26. The molecule has 2 nitrogen and oxygen atoms in total. The van der Waals surface area contributed by atoms with Crippen LogP contribution in [0.1, 0.15) is 10.4 Å². The highest BCUT2D eigenvalue weighted by Gasteiger charge is 2.39. The fourth-order valence-corrected chi connectivity index (χ4v) is 1.87. The summed E-state index contributed by atoms with van der Waals surface area (Å²) in [6, 6.07) is 6.22. The number of ketones is 1. The predicted octanol–water partition coefficient (Wildman–Crippen LogP) is 3.74. The first-order valence-electron chi connectivity index (χ1n) is 4.55. The zero-order chi connectivity index (χ0) is 12.6. The lowest BCUT2D eigenvalue weighted by atomic mass is 10.1. The minimum Gasteiger partial charge on any atom is -0.284 e. The minimum absolute atomic E-state index is 0.461. The average molecular weight is 304 g/mol. The Bertz CT molecular complexity index is 595. The van der Waals surface area contributed by atoms with Gasteiger partial charge in [-0.15, -0.1) is 0 Å². The van der Waals surface area contributed by atoms with Crippen molar-refractivity contribution >= 4 is 32.6 Å². The van der Waals surface area contributed by atoms with E-state index in [9.17, 15) is 18.0 Å². The van der Waals surface area contributed by atoms with Crippen molar-refractivity contribution in [2.75, 3.05) is 0 Å². The van der Waals surface area contributed by atoms with Crippen LogP contribution in [0.15, 0.2) is 34.9 Å². The molecule has 0 aliphatic rings. The number of hydrogen-bond acceptors (Lipinski definition) is 2. The second kappa shape index (κ2) is 4.10. The van der Waals surface area contributed by atoms with Gasteiger partial charge in [-0.2, -0.15) is 13.2 Å². The van der Waals surface area contributed by atoms with Gasteiger partial charge in [0, 0.05) is 21.6 Å². The van der Waals surface area contributed by atoms with Crippen LogP contribution in [0, 0.1) is 0 Å². The molecule has 0 bridgehead atoms. The van der Waals surface area contributed by atoms with Gasteiger partial charge >= 0.3 is 6.18 Å². The number of hydrogen-bond donors (Lipinski definition) is 0. The number of Topliss-reactive ketones (excluding diaryl/α,β-unsaturated/α-hetero) is 1. The molecular formula is C11H5BrF3NO. The minimum atomic E-state index is -4.88. The van der Waals surface area contributed by atoms with Crippen molar-refractivity contribution in [3.05, 3.63) is 40.5 Å². The first-order chi connectivity index (χ1) is 7.89. The SMILES string of the molecule is O=C(c1cnc2cccc(Br)c2c1)C(F)(F)F. The first-order valence-corrected chi connectivity index (χ1v) is 5.34. The lowest BCUT2D eigenvalue weighted by Gasteiger charge is -2.06. The number of rotatable bonds is 1. The number of carbonyl (C=O) groups is 1. The highest BCUT2D eigenvalue weighted by atomic mass is 79.9. The van der Waals surface area contributed by atoms with Crippen LogP contribution >= 0.6 is 15.9 Å². The van der Waals surface area contributed by atoms with E-state index in [0.29, 0.717) is 15.4 Å². The van der Waals surface area contributed by atoms with E-state index in [1.54, 1.807) is 18.2 Å². The van der Waals surface area contributed by atoms with E-state index in [2.05, 4.69) is 20.9 Å². The molecule has 0 aliphatic carbocycles. The Morgan fingerprint density at radius 1 is 1.29 bits per heavy atom. The second-order valence-electron chi connectivity index (χ2n) is 3.36. The van der Waals surface area contributed by atoms with Gasteiger partial charge in [-0.25, -0.2) is 0 Å². The monoisotopic (exact) mass is 303 g/mol. The zero-order valence-corrected chi connectivity index (χ0v) is 9.84. The second-order valence-corrected chi connectivity index (χ2v) is 4.21. The molecule has 88 valence electrons. The predicted molar refractivity (Wildman–Crippen MR) is 59.8 cm³/mol. The molecule has 2 rings (SSSR count). The van der Waals surface area contributed by atoms with Gasteiger partial charge in [-0.1, -0.05) is 22.0 Å². The average Bonchev–Trinajstić information content (AvgIpc) is 2.27. The van der Waals surface area contributed by atoms with Gasteiger partial charge in [0.05, 0.1) is 5.52 Å². The topological polar surface area (TPSA) is 30.0 Å². The van der Waals surface area contributed by atoms with Gasteiger partial charge in [0.15, 0.2) is 0 Å². The highest BCUT2D eigenvalue weighted by molar-refractivity contribution is 9.10. The Labute approximate surface area is 103 Å². The number of alkyl halides is 3. The molecule has 0 saturated carbocycles. The molecule has 0 amide bonds. The molecule has 2 aromatic rings. The molecule has 0 saturated heterocycles. The Morgan fingerprint density at radius 3 is 2.65 bits per heavy atom. The van der Waals surface area contributed by atoms with Crippen LogP contribution in [0.5, 0.6) is 0 Å². The number of aromatic nitrogens is 1. The van der Waals surface area contributed by atoms with Crippen molar-refractivity contribution in [3.63, 3.8) is 0 Å². The number of halogens is 4. The molecule has 0 atom stereocenters. The molecule has 6 heteroatoms. The Hall–Kier alpha value is -1.43. The van der Waals surface area contributed by atoms with Crippen molar-refractivity contribution in [3.8, 4) is 0 Å². The molecule has 1 aromatic carbocycles. The summed E-state index contributed by atoms with van der Waals surface area (Å²) in [6.07, 6.45) is -3.94. The standard InChI is InChI=1S/C11H5BrF3NO/c12-8-2-1-3-9-7(8)4-6(5-16-9)10(17)11(13,14)15/h1-5H. The lowest BCUT2D eigenvalue weighted by Crippen LogP contribution is -2.22. The summed E-state index contributed by atoms with van der Waals surface area (Å²) in [7, 11) is 0. The van der Waals surface area contributed by atoms with Gasteiger partial charge in [0.2, 0.25) is 0 Å². The molecule has 0 unspecified atom stereocenters. The van der Waals surface area contributed by atoms with E-state index in [0.717, 1.165) is 6.20 Å². The summed E-state index contributed by atoms with van der Waals surface area (Å²) in [5.74, 6) is -1.89. The number of fused-ring (bicyclic) bond motifs is 1. The van der Waals surface area contributed by atoms with Crippen molar-refractivity contribution in [1.29, 1.82) is 0 Å². The van der Waals surface area contributed by atoms with Crippen LogP contribution < -0.4 is 0 Å². The third kappa shape index (κ3) is 2.31. The van der Waals surface area contributed by atoms with E-state index in [4.69, 9.17) is 0 Å². The number of nitrogens with zero attached hydrogens (tertiary/aromatic N) is 1.